The standard InChI is InChI=1S/C18H16N4O/c1-11(2)17-12(9-19)4-3-5-15(17)18(23)21-14-7-6-13-10-20-22-16(13)8-14/h3-8,10-11H,1-2H3,(H,20,22)(H,21,23). The second-order valence-corrected chi connectivity index (χ2v) is 5.66. The third kappa shape index (κ3) is 2.79. The van der Waals surface area contributed by atoms with Gasteiger partial charge < -0.3 is 5.32 Å². The number of nitrogens with one attached hydrogen (secondary N) is 2. The molecule has 5 nitrogen and oxygen atoms in total. The molecule has 0 bridgehead atoms. The summed E-state index contributed by atoms with van der Waals surface area (Å²) in [5.74, 6) is -0.133. The molecule has 0 aliphatic rings. The van der Waals surface area contributed by atoms with Crippen LogP contribution in [0, 0.1) is 11.3 Å². The quantitative estimate of drug-likeness (QED) is 0.772. The maximum Gasteiger partial charge on any atom is 0.255 e. The Morgan fingerprint density at radius 1 is 1.30 bits per heavy atom. The molecule has 114 valence electrons. The molecule has 0 aliphatic carbocycles. The highest BCUT2D eigenvalue weighted by Gasteiger charge is 2.17. The Morgan fingerprint density at radius 3 is 2.87 bits per heavy atom. The van der Waals surface area contributed by atoms with Crippen LogP contribution in [0.2, 0.25) is 0 Å². The van der Waals surface area contributed by atoms with Gasteiger partial charge in [-0.1, -0.05) is 19.9 Å². The normalized spacial score (nSPS) is 10.7. The Hall–Kier alpha value is -3.13. The average molecular weight is 304 g/mol. The summed E-state index contributed by atoms with van der Waals surface area (Å²) in [6.07, 6.45) is 1.73. The predicted molar refractivity (Wildman–Crippen MR) is 89.3 cm³/mol. The molecule has 0 saturated carbocycles. The highest BCUT2D eigenvalue weighted by Crippen LogP contribution is 2.25. The molecule has 0 aliphatic heterocycles. The van der Waals surface area contributed by atoms with Crippen LogP contribution in [0.1, 0.15) is 41.3 Å². The van der Waals surface area contributed by atoms with E-state index in [0.717, 1.165) is 16.5 Å². The summed E-state index contributed by atoms with van der Waals surface area (Å²) in [4.78, 5) is 12.6. The molecule has 3 rings (SSSR count). The van der Waals surface area contributed by atoms with Crippen LogP contribution in [0.5, 0.6) is 0 Å². The number of anilines is 1. The van der Waals surface area contributed by atoms with Gasteiger partial charge in [0.2, 0.25) is 0 Å². The number of rotatable bonds is 3. The Bertz CT molecular complexity index is 918. The summed E-state index contributed by atoms with van der Waals surface area (Å²) in [6, 6.07) is 12.9. The summed E-state index contributed by atoms with van der Waals surface area (Å²) in [5.41, 5.74) is 3.39. The molecule has 5 heteroatoms. The first-order chi connectivity index (χ1) is 11.1. The molecule has 1 amide bonds. The lowest BCUT2D eigenvalue weighted by molar-refractivity contribution is 0.102. The van der Waals surface area contributed by atoms with Gasteiger partial charge in [-0.15, -0.1) is 0 Å². The van der Waals surface area contributed by atoms with Crippen molar-refractivity contribution in [2.24, 2.45) is 0 Å². The topological polar surface area (TPSA) is 81.6 Å². The Labute approximate surface area is 133 Å². The molecular weight excluding hydrogens is 288 g/mol. The summed E-state index contributed by atoms with van der Waals surface area (Å²) in [5, 5.41) is 20.0. The van der Waals surface area contributed by atoms with Gasteiger partial charge in [0.05, 0.1) is 23.3 Å². The molecule has 0 radical (unpaired) electrons. The number of amides is 1. The van der Waals surface area contributed by atoms with E-state index < -0.39 is 0 Å². The molecule has 0 saturated heterocycles. The highest BCUT2D eigenvalue weighted by molar-refractivity contribution is 6.06. The van der Waals surface area contributed by atoms with Gasteiger partial charge in [-0.05, 0) is 41.8 Å². The van der Waals surface area contributed by atoms with Gasteiger partial charge in [-0.2, -0.15) is 10.4 Å². The van der Waals surface area contributed by atoms with Crippen LogP contribution < -0.4 is 5.32 Å². The molecule has 1 aromatic heterocycles. The van der Waals surface area contributed by atoms with Gasteiger partial charge in [0.1, 0.15) is 0 Å². The second kappa shape index (κ2) is 5.93. The van der Waals surface area contributed by atoms with Crippen molar-refractivity contribution in [1.29, 1.82) is 5.26 Å². The number of carbonyl (C=O) groups excluding carboxylic acids is 1. The van der Waals surface area contributed by atoms with Crippen LogP contribution in [0.3, 0.4) is 0 Å². The maximum absolute atomic E-state index is 12.6. The maximum atomic E-state index is 12.6. The fourth-order valence-electron chi connectivity index (χ4n) is 2.70. The van der Waals surface area contributed by atoms with Gasteiger partial charge >= 0.3 is 0 Å². The van der Waals surface area contributed by atoms with E-state index in [1.165, 1.54) is 0 Å². The van der Waals surface area contributed by atoms with E-state index in [9.17, 15) is 10.1 Å². The van der Waals surface area contributed by atoms with Crippen LogP contribution in [-0.4, -0.2) is 16.1 Å². The molecule has 23 heavy (non-hydrogen) atoms. The molecule has 0 atom stereocenters. The van der Waals surface area contributed by atoms with Crippen molar-refractivity contribution in [2.45, 2.75) is 19.8 Å². The smallest absolute Gasteiger partial charge is 0.255 e. The summed E-state index contributed by atoms with van der Waals surface area (Å²) < 4.78 is 0. The van der Waals surface area contributed by atoms with Crippen molar-refractivity contribution in [1.82, 2.24) is 10.2 Å². The third-order valence-electron chi connectivity index (χ3n) is 3.75. The number of carbonyl (C=O) groups is 1. The zero-order valence-electron chi connectivity index (χ0n) is 12.9. The van der Waals surface area contributed by atoms with E-state index >= 15 is 0 Å². The lowest BCUT2D eigenvalue weighted by atomic mass is 9.92. The van der Waals surface area contributed by atoms with E-state index in [4.69, 9.17) is 0 Å². The fraction of sp³-hybridized carbons (Fsp3) is 0.167. The van der Waals surface area contributed by atoms with E-state index in [1.807, 2.05) is 32.0 Å². The molecule has 2 N–H and O–H groups in total. The number of H-pyrrole nitrogens is 1. The lowest BCUT2D eigenvalue weighted by Crippen LogP contribution is -2.15. The van der Waals surface area contributed by atoms with Gasteiger partial charge in [-0.25, -0.2) is 0 Å². The highest BCUT2D eigenvalue weighted by atomic mass is 16.1. The van der Waals surface area contributed by atoms with Gasteiger partial charge in [0.25, 0.3) is 5.91 Å². The molecule has 0 spiro atoms. The molecule has 0 unspecified atom stereocenters. The average Bonchev–Trinajstić information content (AvgIpc) is 3.01. The van der Waals surface area contributed by atoms with Crippen molar-refractivity contribution in [3.63, 3.8) is 0 Å². The van der Waals surface area contributed by atoms with Crippen molar-refractivity contribution < 1.29 is 4.79 Å². The van der Waals surface area contributed by atoms with Crippen molar-refractivity contribution >= 4 is 22.5 Å². The molecular formula is C18H16N4O. The number of hydrogen-bond donors (Lipinski definition) is 2. The molecule has 3 aromatic rings. The van der Waals surface area contributed by atoms with Gasteiger partial charge in [0.15, 0.2) is 0 Å². The van der Waals surface area contributed by atoms with E-state index in [-0.39, 0.29) is 11.8 Å². The van der Waals surface area contributed by atoms with Crippen molar-refractivity contribution in [3.8, 4) is 6.07 Å². The first kappa shape index (κ1) is 14.8. The lowest BCUT2D eigenvalue weighted by Gasteiger charge is -2.14. The van der Waals surface area contributed by atoms with E-state index in [2.05, 4.69) is 21.6 Å². The number of aromatic nitrogens is 2. The predicted octanol–water partition coefficient (Wildman–Crippen LogP) is 3.81. The molecule has 2 aromatic carbocycles. The van der Waals surface area contributed by atoms with Crippen molar-refractivity contribution in [3.05, 3.63) is 59.3 Å². The van der Waals surface area contributed by atoms with Gasteiger partial charge in [0, 0.05) is 16.6 Å². The number of benzene rings is 2. The fourth-order valence-corrected chi connectivity index (χ4v) is 2.70. The number of hydrogen-bond acceptors (Lipinski definition) is 3. The van der Waals surface area contributed by atoms with E-state index in [1.54, 1.807) is 24.4 Å². The van der Waals surface area contributed by atoms with Crippen LogP contribution >= 0.6 is 0 Å². The van der Waals surface area contributed by atoms with Crippen molar-refractivity contribution in [2.75, 3.05) is 5.32 Å². The zero-order valence-corrected chi connectivity index (χ0v) is 12.9. The van der Waals surface area contributed by atoms with Crippen LogP contribution in [-0.2, 0) is 0 Å². The second-order valence-electron chi connectivity index (χ2n) is 5.66. The third-order valence-corrected chi connectivity index (χ3v) is 3.75. The first-order valence-electron chi connectivity index (χ1n) is 7.37. The van der Waals surface area contributed by atoms with Crippen LogP contribution in [0.25, 0.3) is 10.9 Å². The summed E-state index contributed by atoms with van der Waals surface area (Å²) in [7, 11) is 0. The zero-order chi connectivity index (χ0) is 16.4. The minimum absolute atomic E-state index is 0.0849. The Balaban J connectivity index is 1.96. The minimum Gasteiger partial charge on any atom is -0.322 e. The number of nitriles is 1. The van der Waals surface area contributed by atoms with Gasteiger partial charge in [-0.3, -0.25) is 9.89 Å². The first-order valence-corrected chi connectivity index (χ1v) is 7.37. The van der Waals surface area contributed by atoms with Crippen LogP contribution in [0.4, 0.5) is 5.69 Å². The Morgan fingerprint density at radius 2 is 2.13 bits per heavy atom. The monoisotopic (exact) mass is 304 g/mol. The number of fused-ring (bicyclic) bond motifs is 1. The number of aromatic amines is 1. The molecule has 1 heterocycles. The number of nitrogens with zero attached hydrogens (tertiary/aromatic N) is 2. The molecule has 0 fully saturated rings. The summed E-state index contributed by atoms with van der Waals surface area (Å²) >= 11 is 0. The Kier molecular flexibility index (Phi) is 3.82. The van der Waals surface area contributed by atoms with E-state index in [0.29, 0.717) is 16.8 Å². The van der Waals surface area contributed by atoms with Crippen LogP contribution in [0.15, 0.2) is 42.6 Å². The largest absolute Gasteiger partial charge is 0.322 e. The minimum atomic E-state index is -0.218. The SMILES string of the molecule is CC(C)c1c(C#N)cccc1C(=O)Nc1ccc2cn[nH]c2c1. The summed E-state index contributed by atoms with van der Waals surface area (Å²) in [6.45, 7) is 3.95.